The Balaban J connectivity index is 0.000000796. The van der Waals surface area contributed by atoms with Gasteiger partial charge in [0.05, 0.1) is 26.9 Å². The second-order valence-electron chi connectivity index (χ2n) is 2.95. The maximum absolute atomic E-state index is 10.4. The Morgan fingerprint density at radius 3 is 1.35 bits per heavy atom. The summed E-state index contributed by atoms with van der Waals surface area (Å²) in [6, 6.07) is 0.894. The lowest BCUT2D eigenvalue weighted by Crippen LogP contribution is -2.07. The van der Waals surface area contributed by atoms with Crippen LogP contribution in [0.4, 0.5) is 17.1 Å². The monoisotopic (exact) mass is 291 g/mol. The largest absolute Gasteiger partial charge is 0.631 e. The van der Waals surface area contributed by atoms with Gasteiger partial charge in [0.1, 0.15) is 0 Å². The summed E-state index contributed by atoms with van der Waals surface area (Å²) in [4.78, 5) is 27.8. The molecule has 0 saturated heterocycles. The lowest BCUT2D eigenvalue weighted by atomic mass is 10.2. The van der Waals surface area contributed by atoms with Crippen LogP contribution >= 0.6 is 0 Å². The molecule has 1 aromatic carbocycles. The van der Waals surface area contributed by atoms with Crippen molar-refractivity contribution in [3.05, 3.63) is 42.5 Å². The van der Waals surface area contributed by atoms with E-state index in [0.717, 1.165) is 0 Å². The Bertz CT molecular complexity index is 508. The number of benzene rings is 1. The zero-order valence-electron chi connectivity index (χ0n) is 9.31. The van der Waals surface area contributed by atoms with E-state index < -0.39 is 44.9 Å². The molecule has 0 aliphatic rings. The van der Waals surface area contributed by atoms with E-state index in [1.54, 1.807) is 0 Å². The van der Waals surface area contributed by atoms with E-state index in [0.29, 0.717) is 12.1 Å². The standard InChI is InChI=1S/C6H3N3O7.BH3O3/c10-6-4(8(13)14)1-3(7(11)12)2-5(6)9(15)16;2-1(3)4/h1-2,10H;2-4H. The van der Waals surface area contributed by atoms with Gasteiger partial charge in [-0.15, -0.1) is 0 Å². The number of hydrogen-bond acceptors (Lipinski definition) is 10. The Morgan fingerprint density at radius 1 is 0.850 bits per heavy atom. The highest BCUT2D eigenvalue weighted by atomic mass is 16.6. The second kappa shape index (κ2) is 6.93. The molecule has 0 bridgehead atoms. The normalized spacial score (nSPS) is 9.15. The van der Waals surface area contributed by atoms with Crippen molar-refractivity contribution in [3.63, 3.8) is 0 Å². The van der Waals surface area contributed by atoms with Gasteiger partial charge in [-0.2, -0.15) is 0 Å². The molecule has 0 fully saturated rings. The maximum Gasteiger partial charge on any atom is 0.631 e. The summed E-state index contributed by atoms with van der Waals surface area (Å²) < 4.78 is 0. The predicted molar refractivity (Wildman–Crippen MR) is 60.5 cm³/mol. The molecule has 0 aliphatic carbocycles. The first-order chi connectivity index (χ1) is 9.07. The number of phenolic OH excluding ortho intramolecular Hbond substituents is 1. The lowest BCUT2D eigenvalue weighted by Gasteiger charge is -1.97. The average Bonchev–Trinajstić information content (AvgIpc) is 2.27. The fourth-order valence-corrected chi connectivity index (χ4v) is 0.974. The number of rotatable bonds is 3. The van der Waals surface area contributed by atoms with Crippen LogP contribution in [-0.4, -0.2) is 42.3 Å². The van der Waals surface area contributed by atoms with Crippen LogP contribution < -0.4 is 0 Å². The molecule has 0 spiro atoms. The van der Waals surface area contributed by atoms with Crippen LogP contribution in [0.25, 0.3) is 0 Å². The SMILES string of the molecule is O=[N+]([O-])c1cc([N+](=O)[O-])c(O)c([N+](=O)[O-])c1.OB(O)O. The van der Waals surface area contributed by atoms with E-state index in [9.17, 15) is 30.3 Å². The third-order valence-corrected chi connectivity index (χ3v) is 1.66. The molecule has 0 radical (unpaired) electrons. The van der Waals surface area contributed by atoms with Gasteiger partial charge in [0, 0.05) is 0 Å². The number of nitro groups is 3. The summed E-state index contributed by atoms with van der Waals surface area (Å²) >= 11 is 0. The summed E-state index contributed by atoms with van der Waals surface area (Å²) in [5.74, 6) is -1.21. The van der Waals surface area contributed by atoms with Gasteiger partial charge in [0.25, 0.3) is 11.4 Å². The number of hydrogen-bond donors (Lipinski definition) is 4. The molecule has 0 saturated carbocycles. The summed E-state index contributed by atoms with van der Waals surface area (Å²) in [7, 11) is -2.17. The van der Waals surface area contributed by atoms with E-state index >= 15 is 0 Å². The minimum atomic E-state index is -2.17. The van der Waals surface area contributed by atoms with Gasteiger partial charge in [0.15, 0.2) is 0 Å². The van der Waals surface area contributed by atoms with Crippen LogP contribution in [0.2, 0.25) is 0 Å². The second-order valence-corrected chi connectivity index (χ2v) is 2.95. The van der Waals surface area contributed by atoms with Gasteiger partial charge in [-0.3, -0.25) is 30.3 Å². The van der Waals surface area contributed by atoms with Gasteiger partial charge >= 0.3 is 18.7 Å². The van der Waals surface area contributed by atoms with Crippen LogP contribution in [0.5, 0.6) is 5.75 Å². The van der Waals surface area contributed by atoms with Crippen LogP contribution in [-0.2, 0) is 0 Å². The third kappa shape index (κ3) is 4.80. The third-order valence-electron chi connectivity index (χ3n) is 1.66. The first-order valence-corrected chi connectivity index (χ1v) is 4.42. The Kier molecular flexibility index (Phi) is 5.95. The molecule has 0 heterocycles. The number of aromatic hydroxyl groups is 1. The minimum Gasteiger partial charge on any atom is -0.497 e. The van der Waals surface area contributed by atoms with Crippen molar-refractivity contribution in [1.82, 2.24) is 0 Å². The zero-order valence-corrected chi connectivity index (χ0v) is 9.31. The smallest absolute Gasteiger partial charge is 0.497 e. The Labute approximate surface area is 109 Å². The molecule has 1 rings (SSSR count). The molecule has 0 amide bonds. The first kappa shape index (κ1) is 17.2. The molecular formula is C6H6BN3O10. The molecule has 0 aromatic heterocycles. The predicted octanol–water partition coefficient (Wildman–Crippen LogP) is -0.935. The first-order valence-electron chi connectivity index (χ1n) is 4.42. The number of nitro benzene ring substituents is 3. The fourth-order valence-electron chi connectivity index (χ4n) is 0.974. The van der Waals surface area contributed by atoms with Crippen molar-refractivity contribution < 1.29 is 34.9 Å². The van der Waals surface area contributed by atoms with Crippen molar-refractivity contribution >= 4 is 24.4 Å². The molecule has 108 valence electrons. The summed E-state index contributed by atoms with van der Waals surface area (Å²) in [6.45, 7) is 0. The summed E-state index contributed by atoms with van der Waals surface area (Å²) in [5, 5.41) is 61.7. The molecule has 0 atom stereocenters. The van der Waals surface area contributed by atoms with Crippen molar-refractivity contribution in [2.75, 3.05) is 0 Å². The maximum atomic E-state index is 10.4. The fraction of sp³-hybridized carbons (Fsp3) is 0. The quantitative estimate of drug-likeness (QED) is 0.305. The van der Waals surface area contributed by atoms with Crippen molar-refractivity contribution in [2.45, 2.75) is 0 Å². The highest BCUT2D eigenvalue weighted by Gasteiger charge is 2.30. The molecular weight excluding hydrogens is 285 g/mol. The Morgan fingerprint density at radius 2 is 1.15 bits per heavy atom. The lowest BCUT2D eigenvalue weighted by molar-refractivity contribution is -0.404. The van der Waals surface area contributed by atoms with E-state index in [4.69, 9.17) is 20.2 Å². The molecule has 14 heteroatoms. The summed E-state index contributed by atoms with van der Waals surface area (Å²) in [6.07, 6.45) is 0. The van der Waals surface area contributed by atoms with Gasteiger partial charge in [-0.1, -0.05) is 0 Å². The molecule has 20 heavy (non-hydrogen) atoms. The van der Waals surface area contributed by atoms with Crippen LogP contribution in [0, 0.1) is 30.3 Å². The van der Waals surface area contributed by atoms with Crippen LogP contribution in [0.15, 0.2) is 12.1 Å². The van der Waals surface area contributed by atoms with E-state index in [1.807, 2.05) is 0 Å². The highest BCUT2D eigenvalue weighted by Crippen LogP contribution is 2.38. The molecule has 13 nitrogen and oxygen atoms in total. The van der Waals surface area contributed by atoms with Gasteiger partial charge in [-0.05, 0) is 0 Å². The number of nitrogens with zero attached hydrogens (tertiary/aromatic N) is 3. The molecule has 0 unspecified atom stereocenters. The van der Waals surface area contributed by atoms with Gasteiger partial charge < -0.3 is 20.2 Å². The Hall–Kier alpha value is -2.84. The van der Waals surface area contributed by atoms with Gasteiger partial charge in [0.2, 0.25) is 0 Å². The van der Waals surface area contributed by atoms with Crippen LogP contribution in [0.3, 0.4) is 0 Å². The molecule has 1 aromatic rings. The average molecular weight is 291 g/mol. The minimum absolute atomic E-state index is 0.447. The number of non-ortho nitro benzene ring substituents is 1. The number of phenols is 1. The van der Waals surface area contributed by atoms with Crippen LogP contribution in [0.1, 0.15) is 0 Å². The van der Waals surface area contributed by atoms with Gasteiger partial charge in [-0.25, -0.2) is 0 Å². The van der Waals surface area contributed by atoms with Crippen molar-refractivity contribution in [1.29, 1.82) is 0 Å². The summed E-state index contributed by atoms with van der Waals surface area (Å²) in [5.41, 5.74) is -3.00. The zero-order chi connectivity index (χ0) is 16.0. The highest BCUT2D eigenvalue weighted by molar-refractivity contribution is 6.30. The molecule has 4 N–H and O–H groups in total. The van der Waals surface area contributed by atoms with E-state index in [2.05, 4.69) is 0 Å². The van der Waals surface area contributed by atoms with Crippen molar-refractivity contribution in [2.24, 2.45) is 0 Å². The topological polar surface area (TPSA) is 210 Å². The van der Waals surface area contributed by atoms with E-state index in [1.165, 1.54) is 0 Å². The molecule has 0 aliphatic heterocycles. The van der Waals surface area contributed by atoms with Crippen molar-refractivity contribution in [3.8, 4) is 5.75 Å². The van der Waals surface area contributed by atoms with E-state index in [-0.39, 0.29) is 0 Å².